The van der Waals surface area contributed by atoms with Gasteiger partial charge in [-0.3, -0.25) is 0 Å². The van der Waals surface area contributed by atoms with E-state index >= 15 is 0 Å². The summed E-state index contributed by atoms with van der Waals surface area (Å²) in [5.41, 5.74) is 2.11. The summed E-state index contributed by atoms with van der Waals surface area (Å²) in [4.78, 5) is 0. The molecule has 1 aromatic carbocycles. The van der Waals surface area contributed by atoms with Gasteiger partial charge in [0.25, 0.3) is 0 Å². The number of hydrogen-bond donors (Lipinski definition) is 1. The van der Waals surface area contributed by atoms with Crippen LogP contribution in [0.1, 0.15) is 24.3 Å². The van der Waals surface area contributed by atoms with Crippen molar-refractivity contribution in [1.82, 2.24) is 5.32 Å². The zero-order chi connectivity index (χ0) is 11.9. The number of aryl methyl sites for hydroxylation is 1. The Hall–Kier alpha value is -0.320. The van der Waals surface area contributed by atoms with Crippen LogP contribution >= 0.6 is 31.9 Å². The van der Waals surface area contributed by atoms with Gasteiger partial charge in [0.05, 0.1) is 10.5 Å². The summed E-state index contributed by atoms with van der Waals surface area (Å²) < 4.78 is 7.94. The smallest absolute Gasteiger partial charge is 0.148 e. The molecule has 0 bridgehead atoms. The number of furan rings is 1. The maximum Gasteiger partial charge on any atom is 0.148 e. The largest absolute Gasteiger partial charge is 0.458 e. The topological polar surface area (TPSA) is 25.2 Å². The molecule has 2 rings (SSSR count). The third-order valence-electron chi connectivity index (χ3n) is 2.82. The fourth-order valence-electron chi connectivity index (χ4n) is 1.81. The summed E-state index contributed by atoms with van der Waals surface area (Å²) in [6, 6.07) is 4.31. The standard InChI is InChI=1S/C12H13Br2NO/c1-6-9-4-8(13)5-10(14)12(9)16-11(6)7(2)15-3/h4-5,7,15H,1-3H3. The van der Waals surface area contributed by atoms with E-state index in [0.717, 1.165) is 25.7 Å². The summed E-state index contributed by atoms with van der Waals surface area (Å²) in [6.07, 6.45) is 0. The minimum Gasteiger partial charge on any atom is -0.458 e. The predicted molar refractivity (Wildman–Crippen MR) is 73.8 cm³/mol. The van der Waals surface area contributed by atoms with E-state index < -0.39 is 0 Å². The van der Waals surface area contributed by atoms with Crippen molar-refractivity contribution in [1.29, 1.82) is 0 Å². The fourth-order valence-corrected chi connectivity index (χ4v) is 3.11. The Morgan fingerprint density at radius 1 is 1.31 bits per heavy atom. The summed E-state index contributed by atoms with van der Waals surface area (Å²) in [6.45, 7) is 4.18. The average Bonchev–Trinajstić information content (AvgIpc) is 2.56. The lowest BCUT2D eigenvalue weighted by Crippen LogP contribution is -2.12. The lowest BCUT2D eigenvalue weighted by Gasteiger charge is -2.06. The van der Waals surface area contributed by atoms with Crippen LogP contribution in [0, 0.1) is 6.92 Å². The van der Waals surface area contributed by atoms with Crippen molar-refractivity contribution in [3.8, 4) is 0 Å². The van der Waals surface area contributed by atoms with E-state index in [1.54, 1.807) is 0 Å². The number of rotatable bonds is 2. The van der Waals surface area contributed by atoms with Crippen molar-refractivity contribution in [2.45, 2.75) is 19.9 Å². The van der Waals surface area contributed by atoms with Gasteiger partial charge in [0.1, 0.15) is 11.3 Å². The third kappa shape index (κ3) is 1.94. The van der Waals surface area contributed by atoms with Crippen LogP contribution in [0.2, 0.25) is 0 Å². The molecule has 0 aliphatic heterocycles. The molecule has 0 saturated heterocycles. The molecule has 86 valence electrons. The zero-order valence-corrected chi connectivity index (χ0v) is 12.6. The van der Waals surface area contributed by atoms with E-state index in [0.29, 0.717) is 0 Å². The van der Waals surface area contributed by atoms with Crippen LogP contribution in [-0.4, -0.2) is 7.05 Å². The normalized spacial score (nSPS) is 13.3. The molecule has 1 atom stereocenters. The van der Waals surface area contributed by atoms with Crippen molar-refractivity contribution < 1.29 is 4.42 Å². The van der Waals surface area contributed by atoms with Gasteiger partial charge in [0, 0.05) is 15.4 Å². The van der Waals surface area contributed by atoms with E-state index in [9.17, 15) is 0 Å². The van der Waals surface area contributed by atoms with E-state index in [1.165, 1.54) is 5.56 Å². The van der Waals surface area contributed by atoms with Crippen LogP contribution in [0.3, 0.4) is 0 Å². The second-order valence-corrected chi connectivity index (χ2v) is 5.64. The Labute approximate surface area is 112 Å². The SMILES string of the molecule is CNC(C)c1oc2c(Br)cc(Br)cc2c1C. The highest BCUT2D eigenvalue weighted by molar-refractivity contribution is 9.11. The quantitative estimate of drug-likeness (QED) is 0.863. The summed E-state index contributed by atoms with van der Waals surface area (Å²) in [7, 11) is 1.93. The molecular formula is C12H13Br2NO. The molecule has 0 spiro atoms. The minimum atomic E-state index is 0.220. The van der Waals surface area contributed by atoms with Crippen molar-refractivity contribution >= 4 is 42.8 Å². The molecule has 1 N–H and O–H groups in total. The Kier molecular flexibility index (Phi) is 3.42. The van der Waals surface area contributed by atoms with Crippen LogP contribution in [0.25, 0.3) is 11.0 Å². The van der Waals surface area contributed by atoms with Crippen LogP contribution in [0.4, 0.5) is 0 Å². The maximum atomic E-state index is 5.91. The van der Waals surface area contributed by atoms with E-state index in [2.05, 4.69) is 57.1 Å². The molecule has 1 aromatic heterocycles. The van der Waals surface area contributed by atoms with E-state index in [-0.39, 0.29) is 6.04 Å². The van der Waals surface area contributed by atoms with Gasteiger partial charge in [-0.05, 0) is 49.0 Å². The fraction of sp³-hybridized carbons (Fsp3) is 0.333. The van der Waals surface area contributed by atoms with Gasteiger partial charge in [-0.15, -0.1) is 0 Å². The van der Waals surface area contributed by atoms with E-state index in [1.807, 2.05) is 13.1 Å². The lowest BCUT2D eigenvalue weighted by molar-refractivity contribution is 0.470. The molecule has 0 radical (unpaired) electrons. The molecule has 0 amide bonds. The van der Waals surface area contributed by atoms with Gasteiger partial charge in [-0.1, -0.05) is 15.9 Å². The third-order valence-corrected chi connectivity index (χ3v) is 3.87. The van der Waals surface area contributed by atoms with Crippen molar-refractivity contribution in [3.05, 3.63) is 32.4 Å². The van der Waals surface area contributed by atoms with Crippen molar-refractivity contribution in [3.63, 3.8) is 0 Å². The van der Waals surface area contributed by atoms with Gasteiger partial charge >= 0.3 is 0 Å². The molecule has 0 aliphatic carbocycles. The Morgan fingerprint density at radius 3 is 2.62 bits per heavy atom. The molecule has 4 heteroatoms. The molecule has 16 heavy (non-hydrogen) atoms. The number of halogens is 2. The first-order valence-electron chi connectivity index (χ1n) is 5.10. The van der Waals surface area contributed by atoms with Crippen LogP contribution < -0.4 is 5.32 Å². The maximum absolute atomic E-state index is 5.91. The van der Waals surface area contributed by atoms with Crippen molar-refractivity contribution in [2.75, 3.05) is 7.05 Å². The van der Waals surface area contributed by atoms with Gasteiger partial charge < -0.3 is 9.73 Å². The molecular weight excluding hydrogens is 334 g/mol. The molecule has 1 unspecified atom stereocenters. The highest BCUT2D eigenvalue weighted by Crippen LogP contribution is 2.35. The Morgan fingerprint density at radius 2 is 2.00 bits per heavy atom. The highest BCUT2D eigenvalue weighted by Gasteiger charge is 2.17. The Bertz CT molecular complexity index is 533. The first-order valence-corrected chi connectivity index (χ1v) is 6.68. The van der Waals surface area contributed by atoms with Crippen LogP contribution in [0.15, 0.2) is 25.5 Å². The minimum absolute atomic E-state index is 0.220. The molecule has 0 saturated carbocycles. The van der Waals surface area contributed by atoms with Crippen molar-refractivity contribution in [2.24, 2.45) is 0 Å². The first-order chi connectivity index (χ1) is 7.54. The van der Waals surface area contributed by atoms with Gasteiger partial charge in [0.15, 0.2) is 0 Å². The summed E-state index contributed by atoms with van der Waals surface area (Å²) in [5.74, 6) is 0.997. The molecule has 1 heterocycles. The predicted octanol–water partition coefficient (Wildman–Crippen LogP) is 4.55. The van der Waals surface area contributed by atoms with Crippen LogP contribution in [0.5, 0.6) is 0 Å². The van der Waals surface area contributed by atoms with Crippen LogP contribution in [-0.2, 0) is 0 Å². The highest BCUT2D eigenvalue weighted by atomic mass is 79.9. The molecule has 0 fully saturated rings. The Balaban J connectivity index is 2.72. The van der Waals surface area contributed by atoms with Gasteiger partial charge in [-0.2, -0.15) is 0 Å². The molecule has 0 aliphatic rings. The number of fused-ring (bicyclic) bond motifs is 1. The zero-order valence-electron chi connectivity index (χ0n) is 9.40. The second-order valence-electron chi connectivity index (χ2n) is 3.87. The molecule has 2 aromatic rings. The number of benzene rings is 1. The summed E-state index contributed by atoms with van der Waals surface area (Å²) in [5, 5.41) is 4.35. The average molecular weight is 347 g/mol. The molecule has 2 nitrogen and oxygen atoms in total. The van der Waals surface area contributed by atoms with Gasteiger partial charge in [-0.25, -0.2) is 0 Å². The first kappa shape index (κ1) is 12.1. The lowest BCUT2D eigenvalue weighted by atomic mass is 10.1. The van der Waals surface area contributed by atoms with Gasteiger partial charge in [0.2, 0.25) is 0 Å². The number of nitrogens with one attached hydrogen (secondary N) is 1. The summed E-state index contributed by atoms with van der Waals surface area (Å²) >= 11 is 7.02. The van der Waals surface area contributed by atoms with E-state index in [4.69, 9.17) is 4.42 Å². The second kappa shape index (κ2) is 4.51. The monoisotopic (exact) mass is 345 g/mol. The number of hydrogen-bond acceptors (Lipinski definition) is 2.